The second kappa shape index (κ2) is 9.91. The number of amides is 2. The lowest BCUT2D eigenvalue weighted by Gasteiger charge is -2.33. The number of likely N-dealkylation sites (N-methyl/N-ethyl adjacent to an activating group) is 1. The normalized spacial score (nSPS) is 14.2. The zero-order chi connectivity index (χ0) is 20.6. The molecular formula is C22H26N2O5. The summed E-state index contributed by atoms with van der Waals surface area (Å²) in [7, 11) is 0. The third kappa shape index (κ3) is 5.47. The summed E-state index contributed by atoms with van der Waals surface area (Å²) in [4.78, 5) is 38.5. The molecule has 7 heteroatoms. The molecule has 0 radical (unpaired) electrons. The molecule has 3 rings (SSSR count). The highest BCUT2D eigenvalue weighted by molar-refractivity contribution is 6.02. The minimum atomic E-state index is -0.568. The highest BCUT2D eigenvalue weighted by atomic mass is 16.5. The molecule has 1 aromatic carbocycles. The molecule has 0 bridgehead atoms. The third-order valence-corrected chi connectivity index (χ3v) is 5.13. The Morgan fingerprint density at radius 2 is 1.83 bits per heavy atom. The number of carbonyl (C=O) groups is 3. The van der Waals surface area contributed by atoms with Gasteiger partial charge in [0.05, 0.1) is 11.8 Å². The van der Waals surface area contributed by atoms with Crippen LogP contribution in [0.4, 0.5) is 5.69 Å². The Morgan fingerprint density at radius 3 is 2.45 bits per heavy atom. The average molecular weight is 398 g/mol. The van der Waals surface area contributed by atoms with Gasteiger partial charge in [0.15, 0.2) is 12.4 Å². The minimum absolute atomic E-state index is 0.157. The fraction of sp³-hybridized carbons (Fsp3) is 0.409. The first kappa shape index (κ1) is 20.6. The first-order valence-corrected chi connectivity index (χ1v) is 10.00. The molecular weight excluding hydrogens is 372 g/mol. The molecule has 1 fully saturated rings. The maximum atomic E-state index is 12.5. The number of esters is 1. The van der Waals surface area contributed by atoms with Crippen LogP contribution in [0, 0.1) is 0 Å². The molecule has 0 atom stereocenters. The SMILES string of the molecule is CCN(C(=O)COC(=O)c1ccc(NC(=O)c2ccco2)cc1)C1CCCCC1. The van der Waals surface area contributed by atoms with Gasteiger partial charge >= 0.3 is 5.97 Å². The van der Waals surface area contributed by atoms with E-state index in [0.717, 1.165) is 25.7 Å². The van der Waals surface area contributed by atoms with Crippen LogP contribution < -0.4 is 5.32 Å². The van der Waals surface area contributed by atoms with Gasteiger partial charge in [-0.25, -0.2) is 4.79 Å². The van der Waals surface area contributed by atoms with Crippen LogP contribution in [-0.4, -0.2) is 41.9 Å². The monoisotopic (exact) mass is 398 g/mol. The maximum absolute atomic E-state index is 12.5. The number of anilines is 1. The average Bonchev–Trinajstić information content (AvgIpc) is 3.29. The van der Waals surface area contributed by atoms with E-state index in [9.17, 15) is 14.4 Å². The predicted octanol–water partition coefficient (Wildman–Crippen LogP) is 3.87. The van der Waals surface area contributed by atoms with Gasteiger partial charge in [-0.3, -0.25) is 9.59 Å². The van der Waals surface area contributed by atoms with Crippen LogP contribution in [0.15, 0.2) is 47.1 Å². The smallest absolute Gasteiger partial charge is 0.338 e. The zero-order valence-corrected chi connectivity index (χ0v) is 16.6. The Labute approximate surface area is 170 Å². The molecule has 1 saturated carbocycles. The summed E-state index contributed by atoms with van der Waals surface area (Å²) in [6, 6.07) is 9.72. The van der Waals surface area contributed by atoms with E-state index in [0.29, 0.717) is 17.8 Å². The summed E-state index contributed by atoms with van der Waals surface area (Å²) in [5.74, 6) is -0.902. The van der Waals surface area contributed by atoms with E-state index in [1.165, 1.54) is 12.7 Å². The van der Waals surface area contributed by atoms with E-state index in [2.05, 4.69) is 5.32 Å². The van der Waals surface area contributed by atoms with Gasteiger partial charge in [0.2, 0.25) is 0 Å². The Balaban J connectivity index is 1.51. The molecule has 0 saturated heterocycles. The van der Waals surface area contributed by atoms with Crippen LogP contribution >= 0.6 is 0 Å². The van der Waals surface area contributed by atoms with Gasteiger partial charge in [-0.2, -0.15) is 0 Å². The number of furan rings is 1. The van der Waals surface area contributed by atoms with Gasteiger partial charge in [-0.1, -0.05) is 19.3 Å². The van der Waals surface area contributed by atoms with Crippen molar-refractivity contribution in [3.63, 3.8) is 0 Å². The molecule has 1 aromatic heterocycles. The second-order valence-electron chi connectivity index (χ2n) is 7.06. The first-order chi connectivity index (χ1) is 14.1. The standard InChI is InChI=1S/C22H26N2O5/c1-2-24(18-7-4-3-5-8-18)20(25)15-29-22(27)16-10-12-17(13-11-16)23-21(26)19-9-6-14-28-19/h6,9-14,18H,2-5,7-8,15H2,1H3,(H,23,26). The third-order valence-electron chi connectivity index (χ3n) is 5.13. The first-order valence-electron chi connectivity index (χ1n) is 10.00. The minimum Gasteiger partial charge on any atom is -0.459 e. The summed E-state index contributed by atoms with van der Waals surface area (Å²) < 4.78 is 10.2. The van der Waals surface area contributed by atoms with E-state index in [1.807, 2.05) is 11.8 Å². The molecule has 2 aromatic rings. The van der Waals surface area contributed by atoms with Gasteiger partial charge in [0, 0.05) is 18.3 Å². The van der Waals surface area contributed by atoms with Crippen LogP contribution in [-0.2, 0) is 9.53 Å². The predicted molar refractivity (Wildman–Crippen MR) is 108 cm³/mol. The molecule has 0 spiro atoms. The van der Waals surface area contributed by atoms with Crippen molar-refractivity contribution < 1.29 is 23.5 Å². The van der Waals surface area contributed by atoms with Crippen molar-refractivity contribution in [3.8, 4) is 0 Å². The molecule has 154 valence electrons. The van der Waals surface area contributed by atoms with Crippen LogP contribution in [0.3, 0.4) is 0 Å². The lowest BCUT2D eigenvalue weighted by molar-refractivity contribution is -0.137. The van der Waals surface area contributed by atoms with Crippen LogP contribution in [0.2, 0.25) is 0 Å². The highest BCUT2D eigenvalue weighted by Gasteiger charge is 2.25. The van der Waals surface area contributed by atoms with E-state index in [4.69, 9.17) is 9.15 Å². The molecule has 1 heterocycles. The van der Waals surface area contributed by atoms with E-state index in [-0.39, 0.29) is 30.2 Å². The van der Waals surface area contributed by atoms with Crippen molar-refractivity contribution in [1.82, 2.24) is 4.90 Å². The van der Waals surface area contributed by atoms with Crippen molar-refractivity contribution >= 4 is 23.5 Å². The van der Waals surface area contributed by atoms with Crippen LogP contribution in [0.5, 0.6) is 0 Å². The van der Waals surface area contributed by atoms with E-state index in [1.54, 1.807) is 36.4 Å². The topological polar surface area (TPSA) is 88.9 Å². The van der Waals surface area contributed by atoms with Crippen molar-refractivity contribution in [1.29, 1.82) is 0 Å². The highest BCUT2D eigenvalue weighted by Crippen LogP contribution is 2.22. The number of rotatable bonds is 7. The summed E-state index contributed by atoms with van der Waals surface area (Å²) >= 11 is 0. The Kier molecular flexibility index (Phi) is 7.05. The fourth-order valence-electron chi connectivity index (χ4n) is 3.61. The summed E-state index contributed by atoms with van der Waals surface area (Å²) in [6.07, 6.45) is 6.93. The van der Waals surface area contributed by atoms with Crippen molar-refractivity contribution in [3.05, 3.63) is 54.0 Å². The van der Waals surface area contributed by atoms with Crippen molar-refractivity contribution in [2.75, 3.05) is 18.5 Å². The molecule has 1 N–H and O–H groups in total. The van der Waals surface area contributed by atoms with Crippen LogP contribution in [0.1, 0.15) is 59.9 Å². The van der Waals surface area contributed by atoms with Crippen molar-refractivity contribution in [2.45, 2.75) is 45.1 Å². The lowest BCUT2D eigenvalue weighted by Crippen LogP contribution is -2.43. The molecule has 0 aliphatic heterocycles. The van der Waals surface area contributed by atoms with Gasteiger partial charge in [-0.15, -0.1) is 0 Å². The Hall–Kier alpha value is -3.09. The number of benzene rings is 1. The van der Waals surface area contributed by atoms with Gasteiger partial charge < -0.3 is 19.4 Å². The number of nitrogens with one attached hydrogen (secondary N) is 1. The summed E-state index contributed by atoms with van der Waals surface area (Å²) in [5.41, 5.74) is 0.836. The van der Waals surface area contributed by atoms with Gasteiger partial charge in [0.1, 0.15) is 0 Å². The largest absolute Gasteiger partial charge is 0.459 e. The number of hydrogen-bond acceptors (Lipinski definition) is 5. The van der Waals surface area contributed by atoms with E-state index >= 15 is 0 Å². The molecule has 1 aliphatic rings. The molecule has 1 aliphatic carbocycles. The quantitative estimate of drug-likeness (QED) is 0.715. The molecule has 2 amide bonds. The van der Waals surface area contributed by atoms with Gasteiger partial charge in [-0.05, 0) is 56.2 Å². The van der Waals surface area contributed by atoms with Crippen molar-refractivity contribution in [2.24, 2.45) is 0 Å². The lowest BCUT2D eigenvalue weighted by atomic mass is 9.94. The molecule has 29 heavy (non-hydrogen) atoms. The number of nitrogens with zero attached hydrogens (tertiary/aromatic N) is 1. The number of carbonyl (C=O) groups excluding carboxylic acids is 3. The summed E-state index contributed by atoms with van der Waals surface area (Å²) in [6.45, 7) is 2.30. The number of hydrogen-bond donors (Lipinski definition) is 1. The van der Waals surface area contributed by atoms with E-state index < -0.39 is 5.97 Å². The molecule has 0 unspecified atom stereocenters. The Bertz CT molecular complexity index is 823. The summed E-state index contributed by atoms with van der Waals surface area (Å²) in [5, 5.41) is 2.67. The maximum Gasteiger partial charge on any atom is 0.338 e. The fourth-order valence-corrected chi connectivity index (χ4v) is 3.61. The van der Waals surface area contributed by atoms with Gasteiger partial charge in [0.25, 0.3) is 11.8 Å². The van der Waals surface area contributed by atoms with Crippen LogP contribution in [0.25, 0.3) is 0 Å². The number of ether oxygens (including phenoxy) is 1. The Morgan fingerprint density at radius 1 is 1.10 bits per heavy atom. The second-order valence-corrected chi connectivity index (χ2v) is 7.06. The zero-order valence-electron chi connectivity index (χ0n) is 16.6. The molecule has 7 nitrogen and oxygen atoms in total.